The summed E-state index contributed by atoms with van der Waals surface area (Å²) in [5.74, 6) is 1.99. The molecular formula is C21H28F3N5O2. The number of benzene rings is 1. The van der Waals surface area contributed by atoms with Crippen LogP contribution in [0.5, 0.6) is 11.5 Å². The van der Waals surface area contributed by atoms with Crippen LogP contribution in [-0.2, 0) is 32.7 Å². The van der Waals surface area contributed by atoms with Gasteiger partial charge in [-0.1, -0.05) is 0 Å². The summed E-state index contributed by atoms with van der Waals surface area (Å²) in [7, 11) is 1.46. The number of aryl methyl sites for hydroxylation is 1. The number of halogens is 3. The van der Waals surface area contributed by atoms with Gasteiger partial charge in [0.15, 0.2) is 11.7 Å². The molecule has 1 aliphatic rings. The highest BCUT2D eigenvalue weighted by atomic mass is 19.4. The normalized spacial score (nSPS) is 16.1. The molecule has 0 spiro atoms. The van der Waals surface area contributed by atoms with Crippen LogP contribution in [0.15, 0.2) is 23.3 Å². The molecule has 7 nitrogen and oxygen atoms in total. The topological polar surface area (TPSA) is 72.7 Å². The Morgan fingerprint density at radius 1 is 1.29 bits per heavy atom. The minimum absolute atomic E-state index is 0.0159. The van der Waals surface area contributed by atoms with Crippen molar-refractivity contribution in [3.8, 4) is 11.5 Å². The van der Waals surface area contributed by atoms with E-state index >= 15 is 0 Å². The number of alkyl halides is 3. The lowest BCUT2D eigenvalue weighted by Gasteiger charge is -2.15. The smallest absolute Gasteiger partial charge is 0.435 e. The average molecular weight is 439 g/mol. The molecule has 31 heavy (non-hydrogen) atoms. The van der Waals surface area contributed by atoms with Crippen molar-refractivity contribution in [1.29, 1.82) is 0 Å². The Hall–Kier alpha value is -2.91. The van der Waals surface area contributed by atoms with Crippen LogP contribution < -0.4 is 20.1 Å². The number of aliphatic imine (C=N–C) groups is 1. The first-order valence-corrected chi connectivity index (χ1v) is 10.3. The second-order valence-electron chi connectivity index (χ2n) is 7.36. The Bertz CT molecular complexity index is 940. The van der Waals surface area contributed by atoms with Gasteiger partial charge >= 0.3 is 6.18 Å². The molecule has 0 aliphatic carbocycles. The zero-order valence-electron chi connectivity index (χ0n) is 18.1. The number of hydrogen-bond donors (Lipinski definition) is 2. The highest BCUT2D eigenvalue weighted by Crippen LogP contribution is 2.35. The Morgan fingerprint density at radius 3 is 2.74 bits per heavy atom. The van der Waals surface area contributed by atoms with Gasteiger partial charge in [-0.3, -0.25) is 4.68 Å². The molecule has 1 aliphatic heterocycles. The molecule has 0 saturated carbocycles. The quantitative estimate of drug-likeness (QED) is 0.511. The van der Waals surface area contributed by atoms with E-state index in [9.17, 15) is 13.2 Å². The standard InChI is InChI=1S/C21H28F3N5O2/c1-5-25-20(27-11-16-12-29(4)28-19(16)21(22,23)24)26-10-15-9-18-14(7-13(3)31-18)8-17(15)30-6-2/h8-9,12-13H,5-7,10-11H2,1-4H3,(H2,25,26,27). The number of fused-ring (bicyclic) bond motifs is 1. The first-order chi connectivity index (χ1) is 14.7. The molecular weight excluding hydrogens is 411 g/mol. The van der Waals surface area contributed by atoms with Gasteiger partial charge in [0.1, 0.15) is 17.6 Å². The number of nitrogens with one attached hydrogen (secondary N) is 2. The zero-order chi connectivity index (χ0) is 22.6. The van der Waals surface area contributed by atoms with Crippen molar-refractivity contribution in [3.63, 3.8) is 0 Å². The summed E-state index contributed by atoms with van der Waals surface area (Å²) < 4.78 is 52.3. The number of aromatic nitrogens is 2. The third-order valence-electron chi connectivity index (χ3n) is 4.75. The third-order valence-corrected chi connectivity index (χ3v) is 4.75. The molecule has 0 bridgehead atoms. The summed E-state index contributed by atoms with van der Waals surface area (Å²) in [4.78, 5) is 4.32. The number of guanidine groups is 1. The van der Waals surface area contributed by atoms with Crippen molar-refractivity contribution in [2.24, 2.45) is 12.0 Å². The van der Waals surface area contributed by atoms with E-state index in [1.807, 2.05) is 32.9 Å². The maximum absolute atomic E-state index is 13.2. The molecule has 1 aromatic heterocycles. The monoisotopic (exact) mass is 439 g/mol. The summed E-state index contributed by atoms with van der Waals surface area (Å²) in [5.41, 5.74) is 1.09. The van der Waals surface area contributed by atoms with Gasteiger partial charge in [-0.15, -0.1) is 0 Å². The summed E-state index contributed by atoms with van der Waals surface area (Å²) in [6.07, 6.45) is -2.23. The molecule has 0 amide bonds. The third kappa shape index (κ3) is 5.62. The van der Waals surface area contributed by atoms with Crippen LogP contribution >= 0.6 is 0 Å². The van der Waals surface area contributed by atoms with Crippen molar-refractivity contribution in [2.45, 2.75) is 52.6 Å². The largest absolute Gasteiger partial charge is 0.494 e. The molecule has 10 heteroatoms. The van der Waals surface area contributed by atoms with Gasteiger partial charge in [0.2, 0.25) is 0 Å². The fourth-order valence-corrected chi connectivity index (χ4v) is 3.49. The second kappa shape index (κ2) is 9.49. The molecule has 0 radical (unpaired) electrons. The zero-order valence-corrected chi connectivity index (χ0v) is 18.1. The first kappa shape index (κ1) is 22.8. The van der Waals surface area contributed by atoms with Gasteiger partial charge in [0.05, 0.1) is 13.2 Å². The maximum atomic E-state index is 13.2. The molecule has 1 unspecified atom stereocenters. The molecule has 170 valence electrons. The molecule has 2 N–H and O–H groups in total. The van der Waals surface area contributed by atoms with Crippen LogP contribution in [0.1, 0.15) is 43.2 Å². The van der Waals surface area contributed by atoms with Gasteiger partial charge in [-0.25, -0.2) is 4.99 Å². The molecule has 2 aromatic rings. The number of ether oxygens (including phenoxy) is 2. The predicted molar refractivity (Wildman–Crippen MR) is 111 cm³/mol. The van der Waals surface area contributed by atoms with Gasteiger partial charge in [0, 0.05) is 49.4 Å². The summed E-state index contributed by atoms with van der Waals surface area (Å²) in [5, 5.41) is 9.75. The fraction of sp³-hybridized carbons (Fsp3) is 0.524. The molecule has 1 atom stereocenters. The van der Waals surface area contributed by atoms with Gasteiger partial charge in [-0.2, -0.15) is 18.3 Å². The molecule has 3 rings (SSSR count). The lowest BCUT2D eigenvalue weighted by atomic mass is 10.1. The number of nitrogens with zero attached hydrogens (tertiary/aromatic N) is 3. The molecule has 2 heterocycles. The van der Waals surface area contributed by atoms with Crippen LogP contribution in [-0.4, -0.2) is 35.0 Å². The first-order valence-electron chi connectivity index (χ1n) is 10.3. The van der Waals surface area contributed by atoms with Crippen molar-refractivity contribution >= 4 is 5.96 Å². The van der Waals surface area contributed by atoms with E-state index in [4.69, 9.17) is 9.47 Å². The predicted octanol–water partition coefficient (Wildman–Crippen LogP) is 3.42. The van der Waals surface area contributed by atoms with Crippen LogP contribution in [0.4, 0.5) is 13.2 Å². The second-order valence-corrected chi connectivity index (χ2v) is 7.36. The minimum Gasteiger partial charge on any atom is -0.494 e. The lowest BCUT2D eigenvalue weighted by molar-refractivity contribution is -0.142. The van der Waals surface area contributed by atoms with Crippen LogP contribution in [0, 0.1) is 0 Å². The van der Waals surface area contributed by atoms with Gasteiger partial charge in [0.25, 0.3) is 0 Å². The highest BCUT2D eigenvalue weighted by molar-refractivity contribution is 5.79. The van der Waals surface area contributed by atoms with E-state index in [0.29, 0.717) is 25.7 Å². The molecule has 0 saturated heterocycles. The minimum atomic E-state index is -4.52. The molecule has 1 aromatic carbocycles. The van der Waals surface area contributed by atoms with Crippen molar-refractivity contribution < 1.29 is 22.6 Å². The van der Waals surface area contributed by atoms with E-state index in [1.165, 1.54) is 13.2 Å². The van der Waals surface area contributed by atoms with Crippen molar-refractivity contribution in [3.05, 3.63) is 40.7 Å². The van der Waals surface area contributed by atoms with E-state index in [1.54, 1.807) is 0 Å². The Kier molecular flexibility index (Phi) is 6.97. The average Bonchev–Trinajstić information content (AvgIpc) is 3.25. The number of rotatable bonds is 7. The van der Waals surface area contributed by atoms with E-state index < -0.39 is 11.9 Å². The van der Waals surface area contributed by atoms with Gasteiger partial charge in [-0.05, 0) is 32.9 Å². The highest BCUT2D eigenvalue weighted by Gasteiger charge is 2.36. The van der Waals surface area contributed by atoms with Gasteiger partial charge < -0.3 is 20.1 Å². The van der Waals surface area contributed by atoms with Crippen LogP contribution in [0.25, 0.3) is 0 Å². The van der Waals surface area contributed by atoms with Crippen LogP contribution in [0.3, 0.4) is 0 Å². The van der Waals surface area contributed by atoms with Crippen LogP contribution in [0.2, 0.25) is 0 Å². The summed E-state index contributed by atoms with van der Waals surface area (Å²) >= 11 is 0. The Balaban J connectivity index is 1.76. The summed E-state index contributed by atoms with van der Waals surface area (Å²) in [6.45, 7) is 7.14. The summed E-state index contributed by atoms with van der Waals surface area (Å²) in [6, 6.07) is 3.94. The lowest BCUT2D eigenvalue weighted by Crippen LogP contribution is -2.37. The fourth-order valence-electron chi connectivity index (χ4n) is 3.49. The maximum Gasteiger partial charge on any atom is 0.435 e. The molecule has 0 fully saturated rings. The number of hydrogen-bond acceptors (Lipinski definition) is 4. The van der Waals surface area contributed by atoms with E-state index in [2.05, 4.69) is 20.7 Å². The van der Waals surface area contributed by atoms with E-state index in [-0.39, 0.29) is 18.2 Å². The SMILES string of the molecule is CCNC(=NCc1cn(C)nc1C(F)(F)F)NCc1cc2c(cc1OCC)CC(C)O2. The Labute approximate surface area is 179 Å². The van der Waals surface area contributed by atoms with Crippen molar-refractivity contribution in [2.75, 3.05) is 13.2 Å². The Morgan fingerprint density at radius 2 is 2.06 bits per heavy atom. The van der Waals surface area contributed by atoms with E-state index in [0.717, 1.165) is 33.7 Å². The van der Waals surface area contributed by atoms with Crippen molar-refractivity contribution in [1.82, 2.24) is 20.4 Å².